The minimum absolute atomic E-state index is 0.00948. The summed E-state index contributed by atoms with van der Waals surface area (Å²) in [6.07, 6.45) is 0.966. The Hall–Kier alpha value is -1.89. The number of nitrogens with one attached hydrogen (secondary N) is 2. The van der Waals surface area contributed by atoms with Crippen molar-refractivity contribution in [3.63, 3.8) is 0 Å². The quantitative estimate of drug-likeness (QED) is 0.624. The molecule has 19 heavy (non-hydrogen) atoms. The fourth-order valence-corrected chi connectivity index (χ4v) is 2.13. The van der Waals surface area contributed by atoms with Crippen LogP contribution >= 0.6 is 0 Å². The molecule has 0 aromatic carbocycles. The van der Waals surface area contributed by atoms with Crippen LogP contribution in [0.5, 0.6) is 0 Å². The van der Waals surface area contributed by atoms with Gasteiger partial charge in [-0.05, 0) is 19.4 Å². The minimum Gasteiger partial charge on any atom is -0.381 e. The first-order valence-electron chi connectivity index (χ1n) is 6.29. The fraction of sp³-hybridized carbons (Fsp3) is 0.583. The number of nitro groups is 1. The zero-order valence-corrected chi connectivity index (χ0v) is 11.0. The first-order valence-corrected chi connectivity index (χ1v) is 6.29. The molecule has 0 amide bonds. The van der Waals surface area contributed by atoms with E-state index >= 15 is 0 Å². The summed E-state index contributed by atoms with van der Waals surface area (Å²) in [4.78, 5) is 14.8. The summed E-state index contributed by atoms with van der Waals surface area (Å²) < 4.78 is 5.33. The average molecular weight is 266 g/mol. The Balaban J connectivity index is 2.18. The smallest absolute Gasteiger partial charge is 0.311 e. The molecule has 2 N–H and O–H groups in total. The van der Waals surface area contributed by atoms with Gasteiger partial charge in [-0.3, -0.25) is 10.1 Å². The summed E-state index contributed by atoms with van der Waals surface area (Å²) in [6, 6.07) is 3.13. The van der Waals surface area contributed by atoms with E-state index in [1.807, 2.05) is 6.92 Å². The third-order valence-electron chi connectivity index (χ3n) is 3.36. The number of anilines is 2. The van der Waals surface area contributed by atoms with Crippen molar-refractivity contribution < 1.29 is 9.66 Å². The van der Waals surface area contributed by atoms with Crippen LogP contribution in [0.1, 0.15) is 13.3 Å². The van der Waals surface area contributed by atoms with Crippen LogP contribution in [0.4, 0.5) is 17.3 Å². The fourth-order valence-electron chi connectivity index (χ4n) is 2.13. The molecule has 7 heteroatoms. The average Bonchev–Trinajstić information content (AvgIpc) is 2.92. The molecular weight excluding hydrogens is 248 g/mol. The lowest BCUT2D eigenvalue weighted by atomic mass is 10.0. The molecule has 1 aromatic heterocycles. The predicted octanol–water partition coefficient (Wildman–Crippen LogP) is 1.87. The highest BCUT2D eigenvalue weighted by Gasteiger charge is 2.25. The highest BCUT2D eigenvalue weighted by atomic mass is 16.6. The van der Waals surface area contributed by atoms with E-state index in [-0.39, 0.29) is 11.7 Å². The number of rotatable bonds is 5. The molecule has 0 aliphatic carbocycles. The molecule has 2 unspecified atom stereocenters. The van der Waals surface area contributed by atoms with Crippen molar-refractivity contribution >= 4 is 17.3 Å². The first kappa shape index (κ1) is 13.5. The zero-order valence-electron chi connectivity index (χ0n) is 11.0. The van der Waals surface area contributed by atoms with Crippen molar-refractivity contribution in [3.05, 3.63) is 22.2 Å². The van der Waals surface area contributed by atoms with Crippen LogP contribution in [0.2, 0.25) is 0 Å². The number of pyridine rings is 1. The number of nitrogens with zero attached hydrogens (tertiary/aromatic N) is 2. The van der Waals surface area contributed by atoms with Gasteiger partial charge in [0, 0.05) is 31.7 Å². The van der Waals surface area contributed by atoms with Crippen LogP contribution in [0, 0.1) is 16.0 Å². The molecule has 1 aliphatic rings. The van der Waals surface area contributed by atoms with E-state index in [0.717, 1.165) is 13.0 Å². The Bertz CT molecular complexity index is 460. The molecule has 0 spiro atoms. The summed E-state index contributed by atoms with van der Waals surface area (Å²) in [5, 5.41) is 17.0. The number of aromatic nitrogens is 1. The molecular formula is C12H18N4O3. The van der Waals surface area contributed by atoms with Gasteiger partial charge in [-0.15, -0.1) is 0 Å². The van der Waals surface area contributed by atoms with Gasteiger partial charge in [0.05, 0.1) is 11.5 Å². The minimum atomic E-state index is -0.424. The van der Waals surface area contributed by atoms with E-state index in [9.17, 15) is 10.1 Å². The second kappa shape index (κ2) is 5.83. The molecule has 2 heterocycles. The highest BCUT2D eigenvalue weighted by Crippen LogP contribution is 2.27. The predicted molar refractivity (Wildman–Crippen MR) is 72.4 cm³/mol. The van der Waals surface area contributed by atoms with Gasteiger partial charge < -0.3 is 15.4 Å². The van der Waals surface area contributed by atoms with Crippen LogP contribution in [-0.2, 0) is 4.74 Å². The van der Waals surface area contributed by atoms with Gasteiger partial charge in [0.2, 0.25) is 5.82 Å². The molecule has 0 radical (unpaired) electrons. The van der Waals surface area contributed by atoms with Gasteiger partial charge in [0.1, 0.15) is 5.82 Å². The van der Waals surface area contributed by atoms with Crippen LogP contribution < -0.4 is 10.6 Å². The molecule has 7 nitrogen and oxygen atoms in total. The van der Waals surface area contributed by atoms with Gasteiger partial charge in [0.15, 0.2) is 0 Å². The standard InChI is InChI=1S/C12H18N4O3/c1-8(9-5-6-19-7-9)14-12-10(16(17)18)3-4-11(13-2)15-12/h3-4,8-9H,5-7H2,1-2H3,(H2,13,14,15). The lowest BCUT2D eigenvalue weighted by Crippen LogP contribution is -2.27. The largest absolute Gasteiger partial charge is 0.381 e. The molecule has 1 aliphatic heterocycles. The van der Waals surface area contributed by atoms with Crippen molar-refractivity contribution in [3.8, 4) is 0 Å². The maximum Gasteiger partial charge on any atom is 0.311 e. The summed E-state index contributed by atoms with van der Waals surface area (Å²) in [6.45, 7) is 3.44. The molecule has 2 atom stereocenters. The second-order valence-electron chi connectivity index (χ2n) is 4.63. The Morgan fingerprint density at radius 3 is 2.95 bits per heavy atom. The molecule has 2 rings (SSSR count). The molecule has 104 valence electrons. The lowest BCUT2D eigenvalue weighted by Gasteiger charge is -2.19. The Labute approximate surface area is 111 Å². The van der Waals surface area contributed by atoms with Gasteiger partial charge in [-0.25, -0.2) is 4.98 Å². The second-order valence-corrected chi connectivity index (χ2v) is 4.63. The van der Waals surface area contributed by atoms with E-state index in [2.05, 4.69) is 15.6 Å². The Kier molecular flexibility index (Phi) is 4.16. The Morgan fingerprint density at radius 1 is 1.58 bits per heavy atom. The summed E-state index contributed by atoms with van der Waals surface area (Å²) in [5.74, 6) is 1.26. The number of hydrogen-bond acceptors (Lipinski definition) is 6. The van der Waals surface area contributed by atoms with E-state index in [1.165, 1.54) is 6.07 Å². The lowest BCUT2D eigenvalue weighted by molar-refractivity contribution is -0.384. The van der Waals surface area contributed by atoms with Crippen molar-refractivity contribution in [1.82, 2.24) is 4.98 Å². The normalized spacial score (nSPS) is 20.0. The topological polar surface area (TPSA) is 89.3 Å². The number of hydrogen-bond donors (Lipinski definition) is 2. The van der Waals surface area contributed by atoms with Crippen molar-refractivity contribution in [2.45, 2.75) is 19.4 Å². The monoisotopic (exact) mass is 266 g/mol. The first-order chi connectivity index (χ1) is 9.11. The summed E-state index contributed by atoms with van der Waals surface area (Å²) >= 11 is 0. The zero-order chi connectivity index (χ0) is 13.8. The van der Waals surface area contributed by atoms with E-state index < -0.39 is 4.92 Å². The van der Waals surface area contributed by atoms with E-state index in [0.29, 0.717) is 24.2 Å². The SMILES string of the molecule is CNc1ccc([N+](=O)[O-])c(NC(C)C2CCOC2)n1. The van der Waals surface area contributed by atoms with Crippen LogP contribution in [-0.4, -0.2) is 36.2 Å². The van der Waals surface area contributed by atoms with Crippen molar-refractivity contribution in [2.24, 2.45) is 5.92 Å². The maximum atomic E-state index is 11.0. The maximum absolute atomic E-state index is 11.0. The molecule has 0 bridgehead atoms. The van der Waals surface area contributed by atoms with Gasteiger partial charge in [0.25, 0.3) is 0 Å². The van der Waals surface area contributed by atoms with Crippen molar-refractivity contribution in [1.29, 1.82) is 0 Å². The van der Waals surface area contributed by atoms with E-state index in [4.69, 9.17) is 4.74 Å². The third kappa shape index (κ3) is 3.11. The van der Waals surface area contributed by atoms with Gasteiger partial charge >= 0.3 is 5.69 Å². The van der Waals surface area contributed by atoms with Crippen molar-refractivity contribution in [2.75, 3.05) is 30.9 Å². The third-order valence-corrected chi connectivity index (χ3v) is 3.36. The van der Waals surface area contributed by atoms with Gasteiger partial charge in [-0.2, -0.15) is 0 Å². The molecule has 0 saturated carbocycles. The van der Waals surface area contributed by atoms with Crippen LogP contribution in [0.3, 0.4) is 0 Å². The number of ether oxygens (including phenoxy) is 1. The van der Waals surface area contributed by atoms with E-state index in [1.54, 1.807) is 13.1 Å². The van der Waals surface area contributed by atoms with Gasteiger partial charge in [-0.1, -0.05) is 0 Å². The molecule has 1 aromatic rings. The molecule has 1 fully saturated rings. The van der Waals surface area contributed by atoms with Crippen LogP contribution in [0.15, 0.2) is 12.1 Å². The summed E-state index contributed by atoms with van der Waals surface area (Å²) in [5.41, 5.74) is -0.00948. The summed E-state index contributed by atoms with van der Waals surface area (Å²) in [7, 11) is 1.73. The van der Waals surface area contributed by atoms with Crippen LogP contribution in [0.25, 0.3) is 0 Å². The Morgan fingerprint density at radius 2 is 2.37 bits per heavy atom. The highest BCUT2D eigenvalue weighted by molar-refractivity contribution is 5.60. The molecule has 1 saturated heterocycles.